The van der Waals surface area contributed by atoms with Crippen LogP contribution in [0.4, 0.5) is 0 Å². The Bertz CT molecular complexity index is 953. The molecule has 0 spiro atoms. The summed E-state index contributed by atoms with van der Waals surface area (Å²) in [6.07, 6.45) is 6.07. The Balaban J connectivity index is 1.38. The summed E-state index contributed by atoms with van der Waals surface area (Å²) in [5.41, 5.74) is 2.70. The summed E-state index contributed by atoms with van der Waals surface area (Å²) in [6.45, 7) is 6.13. The molecule has 8 nitrogen and oxygen atoms in total. The van der Waals surface area contributed by atoms with Crippen LogP contribution >= 0.6 is 0 Å². The van der Waals surface area contributed by atoms with Crippen LogP contribution in [0.15, 0.2) is 24.5 Å². The van der Waals surface area contributed by atoms with Crippen molar-refractivity contribution < 1.29 is 14.4 Å². The molecule has 2 aromatic heterocycles. The first-order chi connectivity index (χ1) is 13.9. The maximum absolute atomic E-state index is 12.8. The Hall–Kier alpha value is -2.90. The minimum Gasteiger partial charge on any atom is -0.343 e. The molecule has 2 fully saturated rings. The van der Waals surface area contributed by atoms with E-state index in [0.29, 0.717) is 32.5 Å². The van der Waals surface area contributed by atoms with E-state index in [1.54, 1.807) is 16.7 Å². The van der Waals surface area contributed by atoms with Crippen molar-refractivity contribution in [3.8, 4) is 0 Å². The summed E-state index contributed by atoms with van der Waals surface area (Å²) in [4.78, 5) is 47.0. The van der Waals surface area contributed by atoms with E-state index in [1.807, 2.05) is 40.8 Å². The van der Waals surface area contributed by atoms with Crippen molar-refractivity contribution in [3.63, 3.8) is 0 Å². The number of fused-ring (bicyclic) bond motifs is 1. The number of carbonyl (C=O) groups excluding carboxylic acids is 3. The van der Waals surface area contributed by atoms with E-state index in [9.17, 15) is 14.4 Å². The number of hydrogen-bond donors (Lipinski definition) is 0. The summed E-state index contributed by atoms with van der Waals surface area (Å²) in [7, 11) is 0. The minimum atomic E-state index is -0.518. The Kier molecular flexibility index (Phi) is 5.25. The van der Waals surface area contributed by atoms with Crippen LogP contribution in [0.25, 0.3) is 5.65 Å². The van der Waals surface area contributed by atoms with Crippen molar-refractivity contribution in [2.24, 2.45) is 0 Å². The number of pyridine rings is 1. The van der Waals surface area contributed by atoms with Gasteiger partial charge in [0.2, 0.25) is 17.7 Å². The standard InChI is InChI=1S/C21H27N5O3/c1-15-6-3-9-24-12-17(22-20(15)24)13-26-16(2)21(29)25(14-19(26)28)11-5-10-23-8-4-7-18(23)27/h3,6,9,12,16H,4-5,7-8,10-11,13-14H2,1-2H3/t16-/m0/s1. The molecule has 2 aromatic rings. The van der Waals surface area contributed by atoms with Crippen molar-refractivity contribution in [3.05, 3.63) is 35.8 Å². The van der Waals surface area contributed by atoms with E-state index >= 15 is 0 Å². The predicted octanol–water partition coefficient (Wildman–Crippen LogP) is 1.21. The summed E-state index contributed by atoms with van der Waals surface area (Å²) in [5.74, 6) is 0.0775. The zero-order valence-electron chi connectivity index (χ0n) is 17.0. The molecular formula is C21H27N5O3. The lowest BCUT2D eigenvalue weighted by Gasteiger charge is -2.38. The first kappa shape index (κ1) is 19.4. The second-order valence-electron chi connectivity index (χ2n) is 7.95. The Labute approximate surface area is 170 Å². The van der Waals surface area contributed by atoms with Gasteiger partial charge in [-0.25, -0.2) is 4.98 Å². The Morgan fingerprint density at radius 3 is 2.66 bits per heavy atom. The third kappa shape index (κ3) is 3.83. The van der Waals surface area contributed by atoms with Gasteiger partial charge in [-0.05, 0) is 38.3 Å². The number of likely N-dealkylation sites (tertiary alicyclic amines) is 1. The number of imidazole rings is 1. The van der Waals surface area contributed by atoms with Crippen molar-refractivity contribution in [1.29, 1.82) is 0 Å². The Morgan fingerprint density at radius 1 is 1.14 bits per heavy atom. The van der Waals surface area contributed by atoms with E-state index in [4.69, 9.17) is 0 Å². The highest BCUT2D eigenvalue weighted by molar-refractivity contribution is 5.94. The van der Waals surface area contributed by atoms with Crippen LogP contribution in [0, 0.1) is 6.92 Å². The van der Waals surface area contributed by atoms with Gasteiger partial charge in [0.1, 0.15) is 11.7 Å². The molecule has 2 aliphatic heterocycles. The number of aryl methyl sites for hydroxylation is 1. The fourth-order valence-electron chi connectivity index (χ4n) is 4.21. The zero-order chi connectivity index (χ0) is 20.5. The summed E-state index contributed by atoms with van der Waals surface area (Å²) >= 11 is 0. The van der Waals surface area contributed by atoms with Crippen LogP contribution in [-0.2, 0) is 20.9 Å². The summed E-state index contributed by atoms with van der Waals surface area (Å²) < 4.78 is 1.94. The topological polar surface area (TPSA) is 78.2 Å². The predicted molar refractivity (Wildman–Crippen MR) is 107 cm³/mol. The first-order valence-electron chi connectivity index (χ1n) is 10.2. The Morgan fingerprint density at radius 2 is 1.93 bits per heavy atom. The van der Waals surface area contributed by atoms with Gasteiger partial charge in [0.05, 0.1) is 18.8 Å². The molecule has 4 rings (SSSR count). The number of amides is 3. The van der Waals surface area contributed by atoms with Gasteiger partial charge in [-0.1, -0.05) is 6.07 Å². The highest BCUT2D eigenvalue weighted by Crippen LogP contribution is 2.18. The lowest BCUT2D eigenvalue weighted by atomic mass is 10.1. The molecule has 1 atom stereocenters. The maximum atomic E-state index is 12.8. The van der Waals surface area contributed by atoms with Crippen molar-refractivity contribution in [1.82, 2.24) is 24.1 Å². The second kappa shape index (κ2) is 7.85. The number of nitrogens with zero attached hydrogens (tertiary/aromatic N) is 5. The molecule has 0 aromatic carbocycles. The molecule has 154 valence electrons. The smallest absolute Gasteiger partial charge is 0.245 e. The van der Waals surface area contributed by atoms with Crippen molar-refractivity contribution >= 4 is 23.4 Å². The fraction of sp³-hybridized carbons (Fsp3) is 0.524. The molecule has 0 aliphatic carbocycles. The maximum Gasteiger partial charge on any atom is 0.245 e. The minimum absolute atomic E-state index is 0.0442. The van der Waals surface area contributed by atoms with E-state index in [-0.39, 0.29) is 24.3 Å². The van der Waals surface area contributed by atoms with E-state index in [0.717, 1.165) is 29.9 Å². The van der Waals surface area contributed by atoms with Gasteiger partial charge in [-0.15, -0.1) is 0 Å². The second-order valence-corrected chi connectivity index (χ2v) is 7.95. The van der Waals surface area contributed by atoms with Gasteiger partial charge < -0.3 is 19.1 Å². The van der Waals surface area contributed by atoms with Crippen LogP contribution in [0.2, 0.25) is 0 Å². The van der Waals surface area contributed by atoms with Gasteiger partial charge in [-0.3, -0.25) is 14.4 Å². The van der Waals surface area contributed by atoms with E-state index in [2.05, 4.69) is 4.98 Å². The molecule has 0 radical (unpaired) electrons. The number of aromatic nitrogens is 2. The average Bonchev–Trinajstić information content (AvgIpc) is 3.29. The average molecular weight is 397 g/mol. The quantitative estimate of drug-likeness (QED) is 0.734. The molecule has 0 N–H and O–H groups in total. The van der Waals surface area contributed by atoms with Gasteiger partial charge in [0.25, 0.3) is 0 Å². The van der Waals surface area contributed by atoms with E-state index < -0.39 is 6.04 Å². The molecular weight excluding hydrogens is 370 g/mol. The number of hydrogen-bond acceptors (Lipinski definition) is 4. The normalized spacial score (nSPS) is 20.4. The third-order valence-corrected chi connectivity index (χ3v) is 5.87. The van der Waals surface area contributed by atoms with Gasteiger partial charge in [-0.2, -0.15) is 0 Å². The molecule has 0 bridgehead atoms. The van der Waals surface area contributed by atoms with Crippen LogP contribution in [-0.4, -0.2) is 74.0 Å². The van der Waals surface area contributed by atoms with Crippen LogP contribution in [0.3, 0.4) is 0 Å². The van der Waals surface area contributed by atoms with Crippen LogP contribution in [0.5, 0.6) is 0 Å². The number of rotatable bonds is 6. The lowest BCUT2D eigenvalue weighted by molar-refractivity contribution is -0.155. The van der Waals surface area contributed by atoms with Gasteiger partial charge in [0.15, 0.2) is 0 Å². The highest BCUT2D eigenvalue weighted by Gasteiger charge is 2.36. The van der Waals surface area contributed by atoms with Crippen molar-refractivity contribution in [2.75, 3.05) is 26.2 Å². The zero-order valence-corrected chi connectivity index (χ0v) is 17.0. The van der Waals surface area contributed by atoms with Crippen molar-refractivity contribution in [2.45, 2.75) is 45.7 Å². The molecule has 0 saturated carbocycles. The molecule has 29 heavy (non-hydrogen) atoms. The monoisotopic (exact) mass is 397 g/mol. The lowest BCUT2D eigenvalue weighted by Crippen LogP contribution is -2.58. The summed E-state index contributed by atoms with van der Waals surface area (Å²) in [6, 6.07) is 3.44. The van der Waals surface area contributed by atoms with Gasteiger partial charge in [0, 0.05) is 38.4 Å². The first-order valence-corrected chi connectivity index (χ1v) is 10.2. The molecule has 0 unspecified atom stereocenters. The summed E-state index contributed by atoms with van der Waals surface area (Å²) in [5, 5.41) is 0. The van der Waals surface area contributed by atoms with E-state index in [1.165, 1.54) is 0 Å². The highest BCUT2D eigenvalue weighted by atomic mass is 16.2. The fourth-order valence-corrected chi connectivity index (χ4v) is 4.21. The largest absolute Gasteiger partial charge is 0.343 e. The molecule has 8 heteroatoms. The number of carbonyl (C=O) groups is 3. The third-order valence-electron chi connectivity index (χ3n) is 5.87. The van der Waals surface area contributed by atoms with Crippen LogP contribution in [0.1, 0.15) is 37.4 Å². The van der Waals surface area contributed by atoms with Crippen LogP contribution < -0.4 is 0 Å². The molecule has 3 amide bonds. The van der Waals surface area contributed by atoms with Gasteiger partial charge >= 0.3 is 0 Å². The molecule has 2 aliphatic rings. The molecule has 4 heterocycles. The SMILES string of the molecule is Cc1cccn2cc(CN3C(=O)CN(CCCN4CCCC4=O)C(=O)[C@@H]3C)nc12. The number of piperazine rings is 1. The molecule has 2 saturated heterocycles.